The van der Waals surface area contributed by atoms with Gasteiger partial charge < -0.3 is 16.0 Å². The lowest BCUT2D eigenvalue weighted by Crippen LogP contribution is -2.30. The Bertz CT molecular complexity index is 731. The molecule has 1 aromatic heterocycles. The highest BCUT2D eigenvalue weighted by atomic mass is 32.2. The third-order valence-corrected chi connectivity index (χ3v) is 5.01. The normalized spacial score (nSPS) is 14.2. The predicted octanol–water partition coefficient (Wildman–Crippen LogP) is 2.85. The first-order chi connectivity index (χ1) is 12.7. The maximum absolute atomic E-state index is 12.2. The summed E-state index contributed by atoms with van der Waals surface area (Å²) in [4.78, 5) is 28.2. The van der Waals surface area contributed by atoms with Crippen LogP contribution in [-0.2, 0) is 4.79 Å². The average Bonchev–Trinajstić information content (AvgIpc) is 3.33. The Hall–Kier alpha value is -2.55. The summed E-state index contributed by atoms with van der Waals surface area (Å²) in [6.07, 6.45) is 5.60. The average molecular weight is 374 g/mol. The SMILES string of the molecule is O=C(NCCSc1ncn[nH]1)Nc1cccc(NC(=O)C2CCCC2)c1. The molecule has 0 radical (unpaired) electrons. The Labute approximate surface area is 155 Å². The van der Waals surface area contributed by atoms with Crippen LogP contribution in [0.1, 0.15) is 25.7 Å². The monoisotopic (exact) mass is 374 g/mol. The molecule has 2 aromatic rings. The highest BCUT2D eigenvalue weighted by molar-refractivity contribution is 7.99. The molecule has 3 amide bonds. The van der Waals surface area contributed by atoms with Gasteiger partial charge in [0.1, 0.15) is 6.33 Å². The van der Waals surface area contributed by atoms with E-state index in [1.807, 2.05) is 6.07 Å². The smallest absolute Gasteiger partial charge is 0.319 e. The molecule has 8 nitrogen and oxygen atoms in total. The van der Waals surface area contributed by atoms with Gasteiger partial charge in [-0.25, -0.2) is 9.78 Å². The molecule has 0 unspecified atom stereocenters. The Morgan fingerprint density at radius 1 is 1.19 bits per heavy atom. The van der Waals surface area contributed by atoms with Gasteiger partial charge >= 0.3 is 6.03 Å². The third kappa shape index (κ3) is 5.48. The molecule has 1 aliphatic rings. The summed E-state index contributed by atoms with van der Waals surface area (Å²) in [5.74, 6) is 0.852. The predicted molar refractivity (Wildman–Crippen MR) is 101 cm³/mol. The molecule has 0 atom stereocenters. The van der Waals surface area contributed by atoms with E-state index in [9.17, 15) is 9.59 Å². The number of thioether (sulfide) groups is 1. The van der Waals surface area contributed by atoms with Crippen LogP contribution in [0.3, 0.4) is 0 Å². The number of H-pyrrole nitrogens is 1. The van der Waals surface area contributed by atoms with Crippen molar-refractivity contribution < 1.29 is 9.59 Å². The van der Waals surface area contributed by atoms with Crippen LogP contribution in [0.2, 0.25) is 0 Å². The van der Waals surface area contributed by atoms with E-state index >= 15 is 0 Å². The largest absolute Gasteiger partial charge is 0.337 e. The quantitative estimate of drug-likeness (QED) is 0.440. The van der Waals surface area contributed by atoms with E-state index in [-0.39, 0.29) is 17.9 Å². The summed E-state index contributed by atoms with van der Waals surface area (Å²) in [6, 6.07) is 6.88. The molecule has 0 aliphatic heterocycles. The third-order valence-electron chi connectivity index (χ3n) is 4.13. The Morgan fingerprint density at radius 3 is 2.69 bits per heavy atom. The summed E-state index contributed by atoms with van der Waals surface area (Å²) in [7, 11) is 0. The molecule has 138 valence electrons. The van der Waals surface area contributed by atoms with E-state index in [0.29, 0.717) is 23.7 Å². The van der Waals surface area contributed by atoms with Crippen molar-refractivity contribution in [3.8, 4) is 0 Å². The highest BCUT2D eigenvalue weighted by Gasteiger charge is 2.22. The van der Waals surface area contributed by atoms with Gasteiger partial charge in [-0.2, -0.15) is 5.10 Å². The summed E-state index contributed by atoms with van der Waals surface area (Å²) < 4.78 is 0. The molecule has 3 rings (SSSR count). The van der Waals surface area contributed by atoms with Crippen molar-refractivity contribution in [3.63, 3.8) is 0 Å². The van der Waals surface area contributed by atoms with Crippen molar-refractivity contribution in [1.29, 1.82) is 0 Å². The maximum atomic E-state index is 12.2. The zero-order chi connectivity index (χ0) is 18.2. The number of rotatable bonds is 7. The van der Waals surface area contributed by atoms with Crippen molar-refractivity contribution in [3.05, 3.63) is 30.6 Å². The summed E-state index contributed by atoms with van der Waals surface area (Å²) in [5.41, 5.74) is 1.33. The minimum atomic E-state index is -0.289. The Balaban J connectivity index is 1.42. The molecule has 0 spiro atoms. The van der Waals surface area contributed by atoms with Gasteiger partial charge in [-0.3, -0.25) is 9.89 Å². The lowest BCUT2D eigenvalue weighted by atomic mass is 10.1. The van der Waals surface area contributed by atoms with Gasteiger partial charge in [0.05, 0.1) is 0 Å². The van der Waals surface area contributed by atoms with Gasteiger partial charge in [0.2, 0.25) is 5.91 Å². The van der Waals surface area contributed by atoms with Crippen LogP contribution >= 0.6 is 11.8 Å². The van der Waals surface area contributed by atoms with E-state index < -0.39 is 0 Å². The lowest BCUT2D eigenvalue weighted by Gasteiger charge is -2.12. The van der Waals surface area contributed by atoms with E-state index in [0.717, 1.165) is 30.8 Å². The van der Waals surface area contributed by atoms with Crippen molar-refractivity contribution in [1.82, 2.24) is 20.5 Å². The van der Waals surface area contributed by atoms with Gasteiger partial charge in [-0.05, 0) is 31.0 Å². The second-order valence-corrected chi connectivity index (χ2v) is 7.16. The molecular formula is C17H22N6O2S. The van der Waals surface area contributed by atoms with Crippen molar-refractivity contribution in [2.45, 2.75) is 30.8 Å². The number of aromatic nitrogens is 3. The second-order valence-electron chi connectivity index (χ2n) is 6.07. The van der Waals surface area contributed by atoms with Crippen LogP contribution < -0.4 is 16.0 Å². The number of urea groups is 1. The van der Waals surface area contributed by atoms with E-state index in [2.05, 4.69) is 31.1 Å². The van der Waals surface area contributed by atoms with Crippen molar-refractivity contribution in [2.24, 2.45) is 5.92 Å². The zero-order valence-corrected chi connectivity index (χ0v) is 15.1. The molecule has 1 heterocycles. The standard InChI is InChI=1S/C17H22N6O2S/c24-15(12-4-1-2-5-12)21-13-6-3-7-14(10-13)22-16(25)18-8-9-26-17-19-11-20-23-17/h3,6-7,10-12H,1-2,4-5,8-9H2,(H,21,24)(H2,18,22,25)(H,19,20,23). The van der Waals surface area contributed by atoms with Gasteiger partial charge in [0, 0.05) is 29.6 Å². The summed E-state index contributed by atoms with van der Waals surface area (Å²) >= 11 is 1.48. The van der Waals surface area contributed by atoms with Crippen LogP contribution in [0, 0.1) is 5.92 Å². The fourth-order valence-corrected chi connectivity index (χ4v) is 3.49. The lowest BCUT2D eigenvalue weighted by molar-refractivity contribution is -0.119. The second kappa shape index (κ2) is 9.23. The number of nitrogens with one attached hydrogen (secondary N) is 4. The number of carbonyl (C=O) groups excluding carboxylic acids is 2. The highest BCUT2D eigenvalue weighted by Crippen LogP contribution is 2.26. The maximum Gasteiger partial charge on any atom is 0.319 e. The van der Waals surface area contributed by atoms with Gasteiger partial charge in [0.25, 0.3) is 0 Å². The summed E-state index contributed by atoms with van der Waals surface area (Å²) in [5, 5.41) is 15.7. The van der Waals surface area contributed by atoms with Gasteiger partial charge in [0.15, 0.2) is 5.16 Å². The van der Waals surface area contributed by atoms with Crippen LogP contribution in [0.4, 0.5) is 16.2 Å². The number of aromatic amines is 1. The molecular weight excluding hydrogens is 352 g/mol. The zero-order valence-electron chi connectivity index (χ0n) is 14.3. The molecule has 1 aliphatic carbocycles. The molecule has 0 bridgehead atoms. The van der Waals surface area contributed by atoms with Crippen LogP contribution in [0.15, 0.2) is 35.7 Å². The van der Waals surface area contributed by atoms with Crippen molar-refractivity contribution in [2.75, 3.05) is 22.9 Å². The van der Waals surface area contributed by atoms with Gasteiger partial charge in [-0.1, -0.05) is 30.7 Å². The molecule has 0 saturated heterocycles. The molecule has 4 N–H and O–H groups in total. The van der Waals surface area contributed by atoms with E-state index in [1.165, 1.54) is 18.1 Å². The number of amides is 3. The molecule has 9 heteroatoms. The minimum Gasteiger partial charge on any atom is -0.337 e. The first-order valence-corrected chi connectivity index (χ1v) is 9.63. The number of benzene rings is 1. The number of nitrogens with zero attached hydrogens (tertiary/aromatic N) is 2. The molecule has 26 heavy (non-hydrogen) atoms. The fraction of sp³-hybridized carbons (Fsp3) is 0.412. The topological polar surface area (TPSA) is 112 Å². The first-order valence-electron chi connectivity index (χ1n) is 8.64. The number of hydrogen-bond acceptors (Lipinski definition) is 5. The van der Waals surface area contributed by atoms with E-state index in [4.69, 9.17) is 0 Å². The number of hydrogen-bond donors (Lipinski definition) is 4. The van der Waals surface area contributed by atoms with Crippen LogP contribution in [0.25, 0.3) is 0 Å². The Kier molecular flexibility index (Phi) is 6.48. The Morgan fingerprint density at radius 2 is 1.96 bits per heavy atom. The summed E-state index contributed by atoms with van der Waals surface area (Å²) in [6.45, 7) is 0.495. The number of anilines is 2. The molecule has 1 fully saturated rings. The molecule has 1 saturated carbocycles. The van der Waals surface area contributed by atoms with Crippen molar-refractivity contribution >= 4 is 35.1 Å². The minimum absolute atomic E-state index is 0.0635. The number of carbonyl (C=O) groups is 2. The van der Waals surface area contributed by atoms with E-state index in [1.54, 1.807) is 18.2 Å². The van der Waals surface area contributed by atoms with Crippen LogP contribution in [-0.4, -0.2) is 39.4 Å². The fourth-order valence-electron chi connectivity index (χ4n) is 2.86. The first kappa shape index (κ1) is 18.2. The molecule has 1 aromatic carbocycles. The van der Waals surface area contributed by atoms with Crippen LogP contribution in [0.5, 0.6) is 0 Å². The van der Waals surface area contributed by atoms with Gasteiger partial charge in [-0.15, -0.1) is 0 Å².